The van der Waals surface area contributed by atoms with E-state index in [9.17, 15) is 18.0 Å². The predicted molar refractivity (Wildman–Crippen MR) is 94.1 cm³/mol. The molecule has 2 rings (SSSR count). The van der Waals surface area contributed by atoms with E-state index in [1.54, 1.807) is 0 Å². The van der Waals surface area contributed by atoms with Crippen LogP contribution >= 0.6 is 0 Å². The molecule has 7 nitrogen and oxygen atoms in total. The zero-order chi connectivity index (χ0) is 18.4. The standard InChI is InChI=1S/C17H25N3O4S/c1-20(2)25(23,24)15-9-5-8-14(12-15)17(22)19-18-16(21)11-10-13-6-3-4-7-13/h5,8-9,12-13H,3-4,6-7,10-11H2,1-2H3,(H,18,21)(H,19,22). The summed E-state index contributed by atoms with van der Waals surface area (Å²) in [5.41, 5.74) is 4.89. The van der Waals surface area contributed by atoms with E-state index in [1.807, 2.05) is 0 Å². The van der Waals surface area contributed by atoms with E-state index in [1.165, 1.54) is 64.0 Å². The van der Waals surface area contributed by atoms with E-state index < -0.39 is 15.9 Å². The van der Waals surface area contributed by atoms with Crippen LogP contribution in [0, 0.1) is 5.92 Å². The molecule has 0 aromatic heterocycles. The summed E-state index contributed by atoms with van der Waals surface area (Å²) < 4.78 is 25.3. The van der Waals surface area contributed by atoms with Crippen LogP contribution in [-0.4, -0.2) is 38.6 Å². The van der Waals surface area contributed by atoms with Crippen molar-refractivity contribution >= 4 is 21.8 Å². The first-order valence-electron chi connectivity index (χ1n) is 8.42. The smallest absolute Gasteiger partial charge is 0.269 e. The summed E-state index contributed by atoms with van der Waals surface area (Å²) in [6, 6.07) is 5.70. The summed E-state index contributed by atoms with van der Waals surface area (Å²) in [5, 5.41) is 0. The van der Waals surface area contributed by atoms with Gasteiger partial charge in [0.2, 0.25) is 15.9 Å². The Morgan fingerprint density at radius 3 is 2.48 bits per heavy atom. The van der Waals surface area contributed by atoms with Crippen LogP contribution in [0.4, 0.5) is 0 Å². The minimum atomic E-state index is -3.62. The normalized spacial score (nSPS) is 15.3. The second-order valence-electron chi connectivity index (χ2n) is 6.51. The van der Waals surface area contributed by atoms with Crippen LogP contribution in [0.3, 0.4) is 0 Å². The molecule has 0 aliphatic heterocycles. The largest absolute Gasteiger partial charge is 0.273 e. The van der Waals surface area contributed by atoms with Gasteiger partial charge in [-0.25, -0.2) is 12.7 Å². The van der Waals surface area contributed by atoms with Gasteiger partial charge >= 0.3 is 0 Å². The lowest BCUT2D eigenvalue weighted by molar-refractivity contribution is -0.122. The average Bonchev–Trinajstić information content (AvgIpc) is 3.11. The summed E-state index contributed by atoms with van der Waals surface area (Å²) in [5.74, 6) is -0.184. The summed E-state index contributed by atoms with van der Waals surface area (Å²) in [6.45, 7) is 0. The first kappa shape index (κ1) is 19.4. The molecule has 8 heteroatoms. The molecule has 1 aromatic carbocycles. The number of rotatable bonds is 6. The van der Waals surface area contributed by atoms with Gasteiger partial charge in [0.15, 0.2) is 0 Å². The third-order valence-electron chi connectivity index (χ3n) is 4.44. The van der Waals surface area contributed by atoms with Crippen LogP contribution in [0.25, 0.3) is 0 Å². The van der Waals surface area contributed by atoms with Crippen LogP contribution < -0.4 is 10.9 Å². The summed E-state index contributed by atoms with van der Waals surface area (Å²) in [4.78, 5) is 24.0. The van der Waals surface area contributed by atoms with Gasteiger partial charge < -0.3 is 0 Å². The van der Waals surface area contributed by atoms with Crippen LogP contribution in [0.2, 0.25) is 0 Å². The second kappa shape index (κ2) is 8.44. The third-order valence-corrected chi connectivity index (χ3v) is 6.26. The maximum atomic E-state index is 12.1. The molecule has 1 fully saturated rings. The number of carbonyl (C=O) groups is 2. The molecule has 2 N–H and O–H groups in total. The van der Waals surface area contributed by atoms with Crippen molar-refractivity contribution in [2.24, 2.45) is 5.92 Å². The number of hydrogen-bond acceptors (Lipinski definition) is 4. The predicted octanol–water partition coefficient (Wildman–Crippen LogP) is 1.67. The monoisotopic (exact) mass is 367 g/mol. The Morgan fingerprint density at radius 2 is 1.84 bits per heavy atom. The van der Waals surface area contributed by atoms with Gasteiger partial charge in [-0.3, -0.25) is 20.4 Å². The maximum absolute atomic E-state index is 12.1. The van der Waals surface area contributed by atoms with Crippen molar-refractivity contribution in [2.45, 2.75) is 43.4 Å². The Labute approximate surface area is 148 Å². The van der Waals surface area contributed by atoms with Crippen LogP contribution in [-0.2, 0) is 14.8 Å². The highest BCUT2D eigenvalue weighted by Gasteiger charge is 2.19. The lowest BCUT2D eigenvalue weighted by Gasteiger charge is -2.13. The van der Waals surface area contributed by atoms with Crippen LogP contribution in [0.1, 0.15) is 48.9 Å². The van der Waals surface area contributed by atoms with Crippen molar-refractivity contribution in [1.82, 2.24) is 15.2 Å². The fraction of sp³-hybridized carbons (Fsp3) is 0.529. The van der Waals surface area contributed by atoms with Gasteiger partial charge in [-0.15, -0.1) is 0 Å². The molecule has 1 aliphatic rings. The summed E-state index contributed by atoms with van der Waals surface area (Å²) >= 11 is 0. The van der Waals surface area contributed by atoms with E-state index in [4.69, 9.17) is 0 Å². The number of hydrazine groups is 1. The molecule has 138 valence electrons. The Balaban J connectivity index is 1.89. The minimum Gasteiger partial charge on any atom is -0.273 e. The molecule has 2 amide bonds. The maximum Gasteiger partial charge on any atom is 0.269 e. The number of carbonyl (C=O) groups excluding carboxylic acids is 2. The number of nitrogens with one attached hydrogen (secondary N) is 2. The van der Waals surface area contributed by atoms with E-state index in [2.05, 4.69) is 10.9 Å². The Morgan fingerprint density at radius 1 is 1.16 bits per heavy atom. The molecule has 0 radical (unpaired) electrons. The summed E-state index contributed by atoms with van der Waals surface area (Å²) in [7, 11) is -0.770. The zero-order valence-electron chi connectivity index (χ0n) is 14.6. The lowest BCUT2D eigenvalue weighted by Crippen LogP contribution is -2.41. The lowest BCUT2D eigenvalue weighted by atomic mass is 10.0. The molecular weight excluding hydrogens is 342 g/mol. The van der Waals surface area contributed by atoms with Gasteiger partial charge in [0, 0.05) is 26.1 Å². The number of benzene rings is 1. The topological polar surface area (TPSA) is 95.6 Å². The van der Waals surface area contributed by atoms with Crippen LogP contribution in [0.5, 0.6) is 0 Å². The molecule has 25 heavy (non-hydrogen) atoms. The van der Waals surface area contributed by atoms with Gasteiger partial charge in [0.05, 0.1) is 4.90 Å². The molecule has 1 aromatic rings. The molecule has 0 heterocycles. The molecule has 0 bridgehead atoms. The Kier molecular flexibility index (Phi) is 6.55. The van der Waals surface area contributed by atoms with E-state index >= 15 is 0 Å². The van der Waals surface area contributed by atoms with Gasteiger partial charge in [-0.05, 0) is 30.5 Å². The highest BCUT2D eigenvalue weighted by molar-refractivity contribution is 7.89. The highest BCUT2D eigenvalue weighted by atomic mass is 32.2. The fourth-order valence-corrected chi connectivity index (χ4v) is 3.85. The van der Waals surface area contributed by atoms with Gasteiger partial charge in [0.25, 0.3) is 5.91 Å². The number of sulfonamides is 1. The molecule has 0 atom stereocenters. The summed E-state index contributed by atoms with van der Waals surface area (Å²) in [6.07, 6.45) is 6.02. The average molecular weight is 367 g/mol. The molecular formula is C17H25N3O4S. The van der Waals surface area contributed by atoms with E-state index in [0.717, 1.165) is 10.7 Å². The number of hydrogen-bond donors (Lipinski definition) is 2. The number of amides is 2. The van der Waals surface area contributed by atoms with Crippen molar-refractivity contribution in [3.8, 4) is 0 Å². The Bertz CT molecular complexity index is 725. The Hall–Kier alpha value is -1.93. The van der Waals surface area contributed by atoms with Crippen molar-refractivity contribution in [1.29, 1.82) is 0 Å². The SMILES string of the molecule is CN(C)S(=O)(=O)c1cccc(C(=O)NNC(=O)CCC2CCCC2)c1. The van der Waals surface area contributed by atoms with Crippen molar-refractivity contribution in [3.05, 3.63) is 29.8 Å². The first-order chi connectivity index (χ1) is 11.8. The van der Waals surface area contributed by atoms with E-state index in [-0.39, 0.29) is 16.4 Å². The molecule has 0 saturated heterocycles. The highest BCUT2D eigenvalue weighted by Crippen LogP contribution is 2.28. The van der Waals surface area contributed by atoms with E-state index in [0.29, 0.717) is 12.3 Å². The fourth-order valence-electron chi connectivity index (χ4n) is 2.90. The molecule has 0 unspecified atom stereocenters. The quantitative estimate of drug-likeness (QED) is 0.748. The van der Waals surface area contributed by atoms with Gasteiger partial charge in [-0.1, -0.05) is 31.7 Å². The van der Waals surface area contributed by atoms with Crippen molar-refractivity contribution in [2.75, 3.05) is 14.1 Å². The van der Waals surface area contributed by atoms with Crippen LogP contribution in [0.15, 0.2) is 29.2 Å². The minimum absolute atomic E-state index is 0.0257. The first-order valence-corrected chi connectivity index (χ1v) is 9.86. The third kappa shape index (κ3) is 5.27. The van der Waals surface area contributed by atoms with Crippen molar-refractivity contribution in [3.63, 3.8) is 0 Å². The zero-order valence-corrected chi connectivity index (χ0v) is 15.4. The molecule has 0 spiro atoms. The molecule has 1 aliphatic carbocycles. The molecule has 1 saturated carbocycles. The second-order valence-corrected chi connectivity index (χ2v) is 8.66. The van der Waals surface area contributed by atoms with Gasteiger partial charge in [0.1, 0.15) is 0 Å². The van der Waals surface area contributed by atoms with Gasteiger partial charge in [-0.2, -0.15) is 0 Å². The van der Waals surface area contributed by atoms with Crippen molar-refractivity contribution < 1.29 is 18.0 Å². The number of nitrogens with zero attached hydrogens (tertiary/aromatic N) is 1.